The molecule has 0 amide bonds. The first-order chi connectivity index (χ1) is 10.6. The Kier molecular flexibility index (Phi) is 5.32. The van der Waals surface area contributed by atoms with Crippen molar-refractivity contribution < 1.29 is 28.2 Å². The molecule has 6 heteroatoms. The van der Waals surface area contributed by atoms with Gasteiger partial charge < -0.3 is 18.6 Å². The van der Waals surface area contributed by atoms with Crippen molar-refractivity contribution in [3.8, 4) is 0 Å². The molecule has 1 aromatic heterocycles. The fraction of sp³-hybridized carbons (Fsp3) is 0.250. The van der Waals surface area contributed by atoms with Gasteiger partial charge in [-0.2, -0.15) is 0 Å². The van der Waals surface area contributed by atoms with E-state index in [9.17, 15) is 9.59 Å². The van der Waals surface area contributed by atoms with E-state index in [2.05, 4.69) is 4.74 Å². The molecule has 0 N–H and O–H groups in total. The van der Waals surface area contributed by atoms with Gasteiger partial charge in [-0.15, -0.1) is 0 Å². The Morgan fingerprint density at radius 3 is 1.95 bits per heavy atom. The third-order valence-corrected chi connectivity index (χ3v) is 2.89. The Hall–Kier alpha value is -2.60. The second kappa shape index (κ2) is 7.42. The fourth-order valence-electron chi connectivity index (χ4n) is 1.80. The van der Waals surface area contributed by atoms with Gasteiger partial charge in [0.2, 0.25) is 0 Å². The van der Waals surface area contributed by atoms with E-state index in [1.165, 1.54) is 31.4 Å². The van der Waals surface area contributed by atoms with Crippen molar-refractivity contribution in [1.29, 1.82) is 0 Å². The van der Waals surface area contributed by atoms with Crippen LogP contribution in [0.3, 0.4) is 0 Å². The molecule has 0 fully saturated rings. The summed E-state index contributed by atoms with van der Waals surface area (Å²) in [4.78, 5) is 23.2. The lowest BCUT2D eigenvalue weighted by atomic mass is 10.1. The van der Waals surface area contributed by atoms with Gasteiger partial charge >= 0.3 is 11.9 Å². The molecule has 0 saturated heterocycles. The molecule has 2 rings (SSSR count). The summed E-state index contributed by atoms with van der Waals surface area (Å²) in [6.45, 7) is 0.393. The SMILES string of the molecule is COCc1ccc(COC(=O)c2ccc(C(=O)OC)cc2)o1. The van der Waals surface area contributed by atoms with Gasteiger partial charge in [0, 0.05) is 7.11 Å². The minimum Gasteiger partial charge on any atom is -0.465 e. The van der Waals surface area contributed by atoms with E-state index in [0.717, 1.165) is 0 Å². The van der Waals surface area contributed by atoms with Crippen molar-refractivity contribution in [2.45, 2.75) is 13.2 Å². The van der Waals surface area contributed by atoms with E-state index >= 15 is 0 Å². The fourth-order valence-corrected chi connectivity index (χ4v) is 1.80. The Labute approximate surface area is 127 Å². The predicted molar refractivity (Wildman–Crippen MR) is 76.3 cm³/mol. The molecule has 1 heterocycles. The van der Waals surface area contributed by atoms with E-state index in [1.807, 2.05) is 0 Å². The van der Waals surface area contributed by atoms with Crippen molar-refractivity contribution >= 4 is 11.9 Å². The summed E-state index contributed by atoms with van der Waals surface area (Å²) >= 11 is 0. The van der Waals surface area contributed by atoms with Crippen LogP contribution in [0.4, 0.5) is 0 Å². The normalized spacial score (nSPS) is 10.3. The largest absolute Gasteiger partial charge is 0.465 e. The van der Waals surface area contributed by atoms with Crippen LogP contribution >= 0.6 is 0 Å². The molecular weight excluding hydrogens is 288 g/mol. The molecule has 0 aliphatic carbocycles. The molecule has 0 saturated carbocycles. The molecule has 0 unspecified atom stereocenters. The topological polar surface area (TPSA) is 75.0 Å². The van der Waals surface area contributed by atoms with Gasteiger partial charge in [0.1, 0.15) is 24.7 Å². The van der Waals surface area contributed by atoms with Crippen molar-refractivity contribution in [1.82, 2.24) is 0 Å². The molecule has 0 atom stereocenters. The smallest absolute Gasteiger partial charge is 0.338 e. The molecule has 0 aliphatic rings. The third-order valence-electron chi connectivity index (χ3n) is 2.89. The third kappa shape index (κ3) is 3.95. The van der Waals surface area contributed by atoms with E-state index in [4.69, 9.17) is 13.9 Å². The number of ether oxygens (including phenoxy) is 3. The van der Waals surface area contributed by atoms with Crippen molar-refractivity contribution in [2.75, 3.05) is 14.2 Å². The average molecular weight is 304 g/mol. The number of carbonyl (C=O) groups excluding carboxylic acids is 2. The Morgan fingerprint density at radius 1 is 0.864 bits per heavy atom. The summed E-state index contributed by atoms with van der Waals surface area (Å²) in [6, 6.07) is 9.51. The number of hydrogen-bond donors (Lipinski definition) is 0. The highest BCUT2D eigenvalue weighted by atomic mass is 16.5. The lowest BCUT2D eigenvalue weighted by Crippen LogP contribution is -2.06. The molecule has 22 heavy (non-hydrogen) atoms. The quantitative estimate of drug-likeness (QED) is 0.764. The zero-order valence-electron chi connectivity index (χ0n) is 12.3. The molecule has 0 bridgehead atoms. The minimum atomic E-state index is -0.499. The van der Waals surface area contributed by atoms with E-state index in [0.29, 0.717) is 29.3 Å². The van der Waals surface area contributed by atoms with Gasteiger partial charge in [-0.25, -0.2) is 9.59 Å². The van der Waals surface area contributed by atoms with E-state index < -0.39 is 11.9 Å². The van der Waals surface area contributed by atoms with Gasteiger partial charge in [0.25, 0.3) is 0 Å². The van der Waals surface area contributed by atoms with Crippen LogP contribution in [-0.4, -0.2) is 26.2 Å². The summed E-state index contributed by atoms with van der Waals surface area (Å²) in [7, 11) is 2.87. The summed E-state index contributed by atoms with van der Waals surface area (Å²) in [5.41, 5.74) is 0.714. The van der Waals surface area contributed by atoms with Crippen LogP contribution in [0.15, 0.2) is 40.8 Å². The molecule has 0 radical (unpaired) electrons. The predicted octanol–water partition coefficient (Wildman–Crippen LogP) is 2.57. The van der Waals surface area contributed by atoms with Gasteiger partial charge in [0.05, 0.1) is 18.2 Å². The van der Waals surface area contributed by atoms with Crippen LogP contribution < -0.4 is 0 Å². The molecule has 1 aromatic carbocycles. The number of methoxy groups -OCH3 is 2. The summed E-state index contributed by atoms with van der Waals surface area (Å²) in [6.07, 6.45) is 0. The van der Waals surface area contributed by atoms with Crippen LogP contribution in [0, 0.1) is 0 Å². The van der Waals surface area contributed by atoms with Crippen LogP contribution in [0.1, 0.15) is 32.2 Å². The van der Waals surface area contributed by atoms with E-state index in [-0.39, 0.29) is 6.61 Å². The summed E-state index contributed by atoms with van der Waals surface area (Å²) < 4.78 is 20.1. The summed E-state index contributed by atoms with van der Waals surface area (Å²) in [5.74, 6) is 0.241. The summed E-state index contributed by atoms with van der Waals surface area (Å²) in [5, 5.41) is 0. The maximum Gasteiger partial charge on any atom is 0.338 e. The number of benzene rings is 1. The van der Waals surface area contributed by atoms with Gasteiger partial charge in [-0.05, 0) is 36.4 Å². The molecule has 6 nitrogen and oxygen atoms in total. The highest BCUT2D eigenvalue weighted by molar-refractivity contribution is 5.93. The van der Waals surface area contributed by atoms with Crippen LogP contribution in [0.5, 0.6) is 0 Å². The standard InChI is InChI=1S/C16H16O6/c1-19-9-13-7-8-14(22-13)10-21-16(18)12-5-3-11(4-6-12)15(17)20-2/h3-8H,9-10H2,1-2H3. The van der Waals surface area contributed by atoms with Gasteiger partial charge in [-0.3, -0.25) is 0 Å². The zero-order valence-corrected chi connectivity index (χ0v) is 12.3. The number of furan rings is 1. The van der Waals surface area contributed by atoms with Gasteiger partial charge in [0.15, 0.2) is 0 Å². The molecule has 0 aliphatic heterocycles. The average Bonchev–Trinajstić information content (AvgIpc) is 3.00. The van der Waals surface area contributed by atoms with Crippen molar-refractivity contribution in [3.05, 3.63) is 59.0 Å². The molecular formula is C16H16O6. The van der Waals surface area contributed by atoms with E-state index in [1.54, 1.807) is 19.2 Å². The second-order valence-electron chi connectivity index (χ2n) is 4.45. The first-order valence-corrected chi connectivity index (χ1v) is 6.56. The highest BCUT2D eigenvalue weighted by Gasteiger charge is 2.11. The number of hydrogen-bond acceptors (Lipinski definition) is 6. The first-order valence-electron chi connectivity index (χ1n) is 6.56. The molecule has 0 spiro atoms. The van der Waals surface area contributed by atoms with Crippen molar-refractivity contribution in [3.63, 3.8) is 0 Å². The van der Waals surface area contributed by atoms with Crippen LogP contribution in [-0.2, 0) is 27.4 Å². The zero-order chi connectivity index (χ0) is 15.9. The lowest BCUT2D eigenvalue weighted by Gasteiger charge is -2.04. The number of rotatable bonds is 6. The maximum atomic E-state index is 11.9. The molecule has 2 aromatic rings. The maximum absolute atomic E-state index is 11.9. The monoisotopic (exact) mass is 304 g/mol. The Balaban J connectivity index is 1.92. The van der Waals surface area contributed by atoms with Crippen LogP contribution in [0.2, 0.25) is 0 Å². The minimum absolute atomic E-state index is 0.0291. The molecule has 116 valence electrons. The van der Waals surface area contributed by atoms with Gasteiger partial charge in [-0.1, -0.05) is 0 Å². The van der Waals surface area contributed by atoms with Crippen LogP contribution in [0.25, 0.3) is 0 Å². The Morgan fingerprint density at radius 2 is 1.41 bits per heavy atom. The highest BCUT2D eigenvalue weighted by Crippen LogP contribution is 2.12. The first kappa shape index (κ1) is 15.8. The van der Waals surface area contributed by atoms with Crippen molar-refractivity contribution in [2.24, 2.45) is 0 Å². The Bertz CT molecular complexity index is 641. The lowest BCUT2D eigenvalue weighted by molar-refractivity contribution is 0.0439. The number of esters is 2. The number of carbonyl (C=O) groups is 2. The second-order valence-corrected chi connectivity index (χ2v) is 4.45.